The summed E-state index contributed by atoms with van der Waals surface area (Å²) < 4.78 is 0. The zero-order valence-electron chi connectivity index (χ0n) is 6.11. The molecule has 9 heavy (non-hydrogen) atoms. The summed E-state index contributed by atoms with van der Waals surface area (Å²) in [6, 6.07) is 0. The van der Waals surface area contributed by atoms with E-state index in [0.717, 1.165) is 12.0 Å². The average Bonchev–Trinajstić information content (AvgIpc) is 1.63. The van der Waals surface area contributed by atoms with Gasteiger partial charge in [0.1, 0.15) is 5.78 Å². The van der Waals surface area contributed by atoms with Crippen LogP contribution in [-0.2, 0) is 4.79 Å². The third-order valence-electron chi connectivity index (χ3n) is 0.989. The Hall–Kier alpha value is -0.590. The maximum atomic E-state index is 10.4. The van der Waals surface area contributed by atoms with E-state index in [1.807, 2.05) is 13.0 Å². The molecule has 0 unspecified atom stereocenters. The second kappa shape index (κ2) is 4.30. The summed E-state index contributed by atoms with van der Waals surface area (Å²) in [7, 11) is 0. The standard InChI is InChI=1S/C8H13O/c1-7(2)5-4-6-8(3)9/h5H,1,4,6H2,2-3H3. The molecular weight excluding hydrogens is 112 g/mol. The molecule has 0 heterocycles. The van der Waals surface area contributed by atoms with Gasteiger partial charge in [0, 0.05) is 6.42 Å². The van der Waals surface area contributed by atoms with Crippen molar-refractivity contribution in [1.82, 2.24) is 0 Å². The number of carbonyl (C=O) groups is 1. The van der Waals surface area contributed by atoms with Crippen molar-refractivity contribution in [1.29, 1.82) is 0 Å². The number of hydrogen-bond acceptors (Lipinski definition) is 1. The van der Waals surface area contributed by atoms with Crippen LogP contribution in [0.5, 0.6) is 0 Å². The molecule has 0 N–H and O–H groups in total. The Morgan fingerprint density at radius 1 is 1.56 bits per heavy atom. The summed E-state index contributed by atoms with van der Waals surface area (Å²) in [6.07, 6.45) is 3.46. The van der Waals surface area contributed by atoms with E-state index in [1.165, 1.54) is 0 Å². The second-order valence-corrected chi connectivity index (χ2v) is 2.29. The van der Waals surface area contributed by atoms with Crippen molar-refractivity contribution >= 4 is 5.78 Å². The highest BCUT2D eigenvalue weighted by molar-refractivity contribution is 5.75. The van der Waals surface area contributed by atoms with Crippen molar-refractivity contribution in [2.75, 3.05) is 0 Å². The molecule has 0 spiro atoms. The van der Waals surface area contributed by atoms with Crippen LogP contribution in [0, 0.1) is 6.92 Å². The predicted molar refractivity (Wildman–Crippen MR) is 39.0 cm³/mol. The normalized spacial score (nSPS) is 11.7. The summed E-state index contributed by atoms with van der Waals surface area (Å²) in [4.78, 5) is 10.4. The lowest BCUT2D eigenvalue weighted by Gasteiger charge is -1.89. The fourth-order valence-corrected chi connectivity index (χ4v) is 0.522. The van der Waals surface area contributed by atoms with Crippen molar-refractivity contribution in [2.45, 2.75) is 26.7 Å². The first-order chi connectivity index (χ1) is 4.13. The minimum absolute atomic E-state index is 0.243. The third kappa shape index (κ3) is 7.41. The first-order valence-corrected chi connectivity index (χ1v) is 3.11. The molecule has 0 aromatic carbocycles. The van der Waals surface area contributed by atoms with E-state index in [-0.39, 0.29) is 5.78 Å². The van der Waals surface area contributed by atoms with Gasteiger partial charge in [-0.3, -0.25) is 0 Å². The van der Waals surface area contributed by atoms with Gasteiger partial charge in [-0.2, -0.15) is 0 Å². The molecule has 0 aromatic heterocycles. The SMILES string of the molecule is [CH2]C(C)=CCCC(C)=O. The van der Waals surface area contributed by atoms with Crippen LogP contribution in [0.4, 0.5) is 0 Å². The maximum Gasteiger partial charge on any atom is 0.130 e. The van der Waals surface area contributed by atoms with Crippen LogP contribution >= 0.6 is 0 Å². The van der Waals surface area contributed by atoms with Gasteiger partial charge in [0.05, 0.1) is 0 Å². The van der Waals surface area contributed by atoms with E-state index in [9.17, 15) is 4.79 Å². The Bertz CT molecular complexity index is 119. The Labute approximate surface area is 56.8 Å². The summed E-state index contributed by atoms with van der Waals surface area (Å²) in [6.45, 7) is 7.22. The molecule has 0 aliphatic rings. The molecule has 1 heteroatoms. The van der Waals surface area contributed by atoms with Gasteiger partial charge in [-0.25, -0.2) is 0 Å². The van der Waals surface area contributed by atoms with Crippen molar-refractivity contribution in [3.05, 3.63) is 18.6 Å². The fourth-order valence-electron chi connectivity index (χ4n) is 0.522. The lowest BCUT2D eigenvalue weighted by Crippen LogP contribution is -1.86. The van der Waals surface area contributed by atoms with Gasteiger partial charge in [-0.05, 0) is 27.2 Å². The van der Waals surface area contributed by atoms with Crippen LogP contribution in [0.1, 0.15) is 26.7 Å². The maximum absolute atomic E-state index is 10.4. The van der Waals surface area contributed by atoms with Gasteiger partial charge in [0.2, 0.25) is 0 Å². The Morgan fingerprint density at radius 2 is 2.11 bits per heavy atom. The zero-order valence-corrected chi connectivity index (χ0v) is 6.11. The minimum Gasteiger partial charge on any atom is -0.300 e. The molecule has 0 amide bonds. The number of hydrogen-bond donors (Lipinski definition) is 0. The van der Waals surface area contributed by atoms with Crippen molar-refractivity contribution in [2.24, 2.45) is 0 Å². The van der Waals surface area contributed by atoms with Gasteiger partial charge in [0.25, 0.3) is 0 Å². The smallest absolute Gasteiger partial charge is 0.130 e. The average molecular weight is 125 g/mol. The summed E-state index contributed by atoms with van der Waals surface area (Å²) in [5, 5.41) is 0. The number of ketones is 1. The molecule has 1 radical (unpaired) electrons. The highest BCUT2D eigenvalue weighted by Crippen LogP contribution is 1.96. The second-order valence-electron chi connectivity index (χ2n) is 2.29. The van der Waals surface area contributed by atoms with Crippen LogP contribution in [0.3, 0.4) is 0 Å². The summed E-state index contributed by atoms with van der Waals surface area (Å²) in [5.74, 6) is 0.243. The van der Waals surface area contributed by atoms with Gasteiger partial charge in [-0.15, -0.1) is 0 Å². The Morgan fingerprint density at radius 3 is 2.44 bits per heavy atom. The van der Waals surface area contributed by atoms with Gasteiger partial charge in [0.15, 0.2) is 0 Å². The van der Waals surface area contributed by atoms with Crippen LogP contribution in [0.15, 0.2) is 11.6 Å². The molecular formula is C8H13O. The molecule has 0 aromatic rings. The molecule has 0 aliphatic carbocycles. The Balaban J connectivity index is 3.31. The van der Waals surface area contributed by atoms with Gasteiger partial charge >= 0.3 is 0 Å². The molecule has 0 atom stereocenters. The van der Waals surface area contributed by atoms with Crippen LogP contribution < -0.4 is 0 Å². The molecule has 0 aliphatic heterocycles. The van der Waals surface area contributed by atoms with E-state index < -0.39 is 0 Å². The molecule has 51 valence electrons. The first kappa shape index (κ1) is 8.41. The highest BCUT2D eigenvalue weighted by atomic mass is 16.1. The lowest BCUT2D eigenvalue weighted by molar-refractivity contribution is -0.116. The largest absolute Gasteiger partial charge is 0.300 e. The fraction of sp³-hybridized carbons (Fsp3) is 0.500. The number of allylic oxidation sites excluding steroid dienone is 2. The molecule has 1 nitrogen and oxygen atoms in total. The van der Waals surface area contributed by atoms with Crippen LogP contribution in [-0.4, -0.2) is 5.78 Å². The molecule has 0 bridgehead atoms. The number of rotatable bonds is 3. The topological polar surface area (TPSA) is 17.1 Å². The van der Waals surface area contributed by atoms with Crippen molar-refractivity contribution in [3.8, 4) is 0 Å². The van der Waals surface area contributed by atoms with E-state index in [4.69, 9.17) is 0 Å². The van der Waals surface area contributed by atoms with E-state index in [0.29, 0.717) is 6.42 Å². The third-order valence-corrected chi connectivity index (χ3v) is 0.989. The molecule has 0 fully saturated rings. The van der Waals surface area contributed by atoms with Crippen molar-refractivity contribution in [3.63, 3.8) is 0 Å². The zero-order chi connectivity index (χ0) is 7.28. The summed E-state index contributed by atoms with van der Waals surface area (Å²) >= 11 is 0. The van der Waals surface area contributed by atoms with E-state index in [1.54, 1.807) is 6.92 Å². The molecule has 0 saturated carbocycles. The van der Waals surface area contributed by atoms with E-state index >= 15 is 0 Å². The number of carbonyl (C=O) groups excluding carboxylic acids is 1. The van der Waals surface area contributed by atoms with E-state index in [2.05, 4.69) is 6.92 Å². The first-order valence-electron chi connectivity index (χ1n) is 3.11. The monoisotopic (exact) mass is 125 g/mol. The van der Waals surface area contributed by atoms with Gasteiger partial charge in [-0.1, -0.05) is 11.6 Å². The molecule has 0 saturated heterocycles. The molecule has 0 rings (SSSR count). The highest BCUT2D eigenvalue weighted by Gasteiger charge is 1.88. The summed E-state index contributed by atoms with van der Waals surface area (Å²) in [5.41, 5.74) is 1.04. The lowest BCUT2D eigenvalue weighted by atomic mass is 10.2. The van der Waals surface area contributed by atoms with Gasteiger partial charge < -0.3 is 4.79 Å². The van der Waals surface area contributed by atoms with Crippen LogP contribution in [0.2, 0.25) is 0 Å². The quantitative estimate of drug-likeness (QED) is 0.564. The minimum atomic E-state index is 0.243. The number of Topliss-reactive ketones (excluding diaryl/α,β-unsaturated/α-hetero) is 1. The van der Waals surface area contributed by atoms with Crippen LogP contribution in [0.25, 0.3) is 0 Å². The van der Waals surface area contributed by atoms with Crippen molar-refractivity contribution < 1.29 is 4.79 Å². The Kier molecular flexibility index (Phi) is 4.02. The predicted octanol–water partition coefficient (Wildman–Crippen LogP) is 2.14.